The van der Waals surface area contributed by atoms with Crippen LogP contribution >= 0.6 is 0 Å². The van der Waals surface area contributed by atoms with Crippen LogP contribution in [-0.2, 0) is 10.8 Å². The molecule has 0 saturated heterocycles. The van der Waals surface area contributed by atoms with Gasteiger partial charge in [-0.05, 0) is 79.8 Å². The number of allylic oxidation sites excluding steroid dienone is 5. The van der Waals surface area contributed by atoms with E-state index in [9.17, 15) is 0 Å². The molecule has 0 atom stereocenters. The molecule has 59 heavy (non-hydrogen) atoms. The van der Waals surface area contributed by atoms with Crippen LogP contribution in [-0.4, -0.2) is 15.0 Å². The van der Waals surface area contributed by atoms with Gasteiger partial charge in [0.15, 0.2) is 17.5 Å². The Kier molecular flexibility index (Phi) is 8.76. The van der Waals surface area contributed by atoms with E-state index in [-0.39, 0.29) is 5.41 Å². The van der Waals surface area contributed by atoms with Crippen molar-refractivity contribution in [1.82, 2.24) is 15.0 Å². The largest absolute Gasteiger partial charge is 0.208 e. The van der Waals surface area contributed by atoms with Crippen molar-refractivity contribution in [3.63, 3.8) is 0 Å². The van der Waals surface area contributed by atoms with E-state index in [1.54, 1.807) is 0 Å². The van der Waals surface area contributed by atoms with Crippen molar-refractivity contribution in [3.8, 4) is 45.0 Å². The second kappa shape index (κ2) is 14.3. The standard InChI is InChI=1S/C56H43N3/c1-5-38(52-57-53(40-22-10-7-11-23-40)59-54(58-52)45-27-13-12-24-42(45)39-20-8-6-9-21-39)33-32-37(2)41-34-35-50-51(36-41)55(3,4)48-30-18-19-31-49(48)56(50)46-28-16-14-25-43(46)44-26-15-17-29-47(44)56/h5-36H,2H2,1,3-4H3/b33-32-,38-5+. The summed E-state index contributed by atoms with van der Waals surface area (Å²) in [4.78, 5) is 15.3. The highest BCUT2D eigenvalue weighted by molar-refractivity contribution is 5.89. The lowest BCUT2D eigenvalue weighted by Gasteiger charge is -2.46. The van der Waals surface area contributed by atoms with Crippen molar-refractivity contribution in [2.24, 2.45) is 0 Å². The molecule has 1 aromatic heterocycles. The third-order valence-electron chi connectivity index (χ3n) is 12.4. The van der Waals surface area contributed by atoms with Gasteiger partial charge in [0, 0.05) is 22.1 Å². The maximum Gasteiger partial charge on any atom is 0.164 e. The molecule has 1 spiro atoms. The second-order valence-corrected chi connectivity index (χ2v) is 16.0. The van der Waals surface area contributed by atoms with Gasteiger partial charge in [-0.3, -0.25) is 0 Å². The van der Waals surface area contributed by atoms with Gasteiger partial charge in [-0.1, -0.05) is 209 Å². The Morgan fingerprint density at radius 1 is 0.458 bits per heavy atom. The topological polar surface area (TPSA) is 38.7 Å². The summed E-state index contributed by atoms with van der Waals surface area (Å²) in [6.07, 6.45) is 6.25. The van der Waals surface area contributed by atoms with Crippen molar-refractivity contribution in [2.75, 3.05) is 0 Å². The Labute approximate surface area is 346 Å². The van der Waals surface area contributed by atoms with Gasteiger partial charge in [0.25, 0.3) is 0 Å². The maximum absolute atomic E-state index is 5.14. The minimum absolute atomic E-state index is 0.247. The van der Waals surface area contributed by atoms with Crippen LogP contribution in [0.5, 0.6) is 0 Å². The highest BCUT2D eigenvalue weighted by Gasteiger charge is 2.53. The Morgan fingerprint density at radius 2 is 0.966 bits per heavy atom. The number of aromatic nitrogens is 3. The van der Waals surface area contributed by atoms with Crippen LogP contribution in [0.1, 0.15) is 65.5 Å². The Balaban J connectivity index is 1.06. The first-order valence-electron chi connectivity index (χ1n) is 20.3. The third kappa shape index (κ3) is 5.76. The van der Waals surface area contributed by atoms with Crippen LogP contribution in [0.15, 0.2) is 201 Å². The van der Waals surface area contributed by atoms with Crippen molar-refractivity contribution in [3.05, 3.63) is 246 Å². The molecule has 0 radical (unpaired) electrons. The highest BCUT2D eigenvalue weighted by atomic mass is 15.0. The van der Waals surface area contributed by atoms with Gasteiger partial charge < -0.3 is 0 Å². The van der Waals surface area contributed by atoms with Crippen LogP contribution < -0.4 is 0 Å². The molecule has 2 aliphatic carbocycles. The molecular weight excluding hydrogens is 715 g/mol. The van der Waals surface area contributed by atoms with Crippen LogP contribution in [0.4, 0.5) is 0 Å². The Bertz CT molecular complexity index is 2940. The minimum Gasteiger partial charge on any atom is -0.208 e. The van der Waals surface area contributed by atoms with Crippen LogP contribution in [0, 0.1) is 0 Å². The van der Waals surface area contributed by atoms with E-state index in [1.165, 1.54) is 44.5 Å². The average molecular weight is 758 g/mol. The molecule has 0 fully saturated rings. The highest BCUT2D eigenvalue weighted by Crippen LogP contribution is 2.62. The molecule has 7 aromatic carbocycles. The summed E-state index contributed by atoms with van der Waals surface area (Å²) in [5, 5.41) is 0. The molecule has 0 bridgehead atoms. The molecule has 282 valence electrons. The van der Waals surface area contributed by atoms with Crippen molar-refractivity contribution in [1.29, 1.82) is 0 Å². The van der Waals surface area contributed by atoms with Gasteiger partial charge in [0.2, 0.25) is 0 Å². The average Bonchev–Trinajstić information content (AvgIpc) is 3.59. The van der Waals surface area contributed by atoms with E-state index in [0.29, 0.717) is 17.5 Å². The van der Waals surface area contributed by atoms with E-state index in [2.05, 4.69) is 172 Å². The van der Waals surface area contributed by atoms with E-state index >= 15 is 0 Å². The van der Waals surface area contributed by atoms with Crippen LogP contribution in [0.3, 0.4) is 0 Å². The number of rotatable bonds is 7. The zero-order valence-electron chi connectivity index (χ0n) is 33.5. The lowest BCUT2D eigenvalue weighted by Crippen LogP contribution is -2.40. The molecule has 0 unspecified atom stereocenters. The minimum atomic E-state index is -0.422. The zero-order valence-corrected chi connectivity index (χ0v) is 33.5. The monoisotopic (exact) mass is 757 g/mol. The normalized spacial score (nSPS) is 14.4. The SMILES string of the molecule is C=C(/C=C\C(=C/C)c1nc(-c2ccccc2)nc(-c2ccccc2-c2ccccc2)n1)c1ccc2c(c1)C(C)(C)c1ccccc1C21c2ccccc2-c2ccccc21. The number of hydrogen-bond acceptors (Lipinski definition) is 3. The summed E-state index contributed by atoms with van der Waals surface area (Å²) in [5.41, 5.74) is 16.9. The quantitative estimate of drug-likeness (QED) is 0.152. The summed E-state index contributed by atoms with van der Waals surface area (Å²) in [5.74, 6) is 1.86. The van der Waals surface area contributed by atoms with E-state index in [4.69, 9.17) is 15.0 Å². The molecule has 8 aromatic rings. The molecule has 3 heteroatoms. The number of benzene rings is 7. The van der Waals surface area contributed by atoms with Crippen molar-refractivity contribution in [2.45, 2.75) is 31.6 Å². The first-order valence-corrected chi connectivity index (χ1v) is 20.3. The number of fused-ring (bicyclic) bond motifs is 9. The van der Waals surface area contributed by atoms with Gasteiger partial charge in [-0.2, -0.15) is 0 Å². The van der Waals surface area contributed by atoms with Crippen molar-refractivity contribution >= 4 is 11.1 Å². The first kappa shape index (κ1) is 36.1. The molecule has 1 heterocycles. The lowest BCUT2D eigenvalue weighted by molar-refractivity contribution is 0.563. The van der Waals surface area contributed by atoms with E-state index < -0.39 is 5.41 Å². The fraction of sp³-hybridized carbons (Fsp3) is 0.0893. The van der Waals surface area contributed by atoms with Gasteiger partial charge in [-0.15, -0.1) is 0 Å². The molecule has 0 aliphatic heterocycles. The maximum atomic E-state index is 5.14. The smallest absolute Gasteiger partial charge is 0.164 e. The molecule has 3 nitrogen and oxygen atoms in total. The molecule has 10 rings (SSSR count). The van der Waals surface area contributed by atoms with E-state index in [1.807, 2.05) is 49.4 Å². The fourth-order valence-electron chi connectivity index (χ4n) is 9.52. The summed E-state index contributed by atoms with van der Waals surface area (Å²) >= 11 is 0. The zero-order chi connectivity index (χ0) is 40.1. The fourth-order valence-corrected chi connectivity index (χ4v) is 9.52. The predicted molar refractivity (Wildman–Crippen MR) is 244 cm³/mol. The summed E-state index contributed by atoms with van der Waals surface area (Å²) in [6, 6.07) is 62.8. The third-order valence-corrected chi connectivity index (χ3v) is 12.4. The summed E-state index contributed by atoms with van der Waals surface area (Å²) < 4.78 is 0. The molecule has 0 amide bonds. The van der Waals surface area contributed by atoms with Gasteiger partial charge in [0.05, 0.1) is 5.41 Å². The molecular formula is C56H43N3. The summed E-state index contributed by atoms with van der Waals surface area (Å²) in [7, 11) is 0. The lowest BCUT2D eigenvalue weighted by atomic mass is 9.55. The van der Waals surface area contributed by atoms with Crippen molar-refractivity contribution < 1.29 is 0 Å². The molecule has 2 aliphatic rings. The molecule has 0 saturated carbocycles. The van der Waals surface area contributed by atoms with Gasteiger partial charge in [0.1, 0.15) is 0 Å². The van der Waals surface area contributed by atoms with Gasteiger partial charge >= 0.3 is 0 Å². The number of nitrogens with zero attached hydrogens (tertiary/aromatic N) is 3. The second-order valence-electron chi connectivity index (χ2n) is 16.0. The predicted octanol–water partition coefficient (Wildman–Crippen LogP) is 13.5. The Morgan fingerprint density at radius 3 is 1.61 bits per heavy atom. The first-order chi connectivity index (χ1) is 28.9. The Hall–Kier alpha value is -7.23. The molecule has 0 N–H and O–H groups in total. The van der Waals surface area contributed by atoms with E-state index in [0.717, 1.165) is 39.0 Å². The van der Waals surface area contributed by atoms with Crippen LogP contribution in [0.25, 0.3) is 56.2 Å². The van der Waals surface area contributed by atoms with Crippen LogP contribution in [0.2, 0.25) is 0 Å². The summed E-state index contributed by atoms with van der Waals surface area (Å²) in [6.45, 7) is 11.4. The van der Waals surface area contributed by atoms with Gasteiger partial charge in [-0.25, -0.2) is 15.0 Å². The number of hydrogen-bond donors (Lipinski definition) is 0.